The fourth-order valence-corrected chi connectivity index (χ4v) is 3.16. The van der Waals surface area contributed by atoms with Gasteiger partial charge in [-0.2, -0.15) is 0 Å². The summed E-state index contributed by atoms with van der Waals surface area (Å²) in [5, 5.41) is 0.684. The van der Waals surface area contributed by atoms with Crippen LogP contribution in [0.4, 0.5) is 5.13 Å². The summed E-state index contributed by atoms with van der Waals surface area (Å²) in [6, 6.07) is 5.92. The van der Waals surface area contributed by atoms with Gasteiger partial charge in [0, 0.05) is 5.56 Å². The average molecular weight is 321 g/mol. The molecule has 0 saturated heterocycles. The van der Waals surface area contributed by atoms with Gasteiger partial charge in [0.15, 0.2) is 16.6 Å². The second-order valence-electron chi connectivity index (χ2n) is 4.97. The second-order valence-corrected chi connectivity index (χ2v) is 5.97. The largest absolute Gasteiger partial charge is 0.492 e. The molecule has 0 aliphatic rings. The second kappa shape index (κ2) is 8.00. The van der Waals surface area contributed by atoms with Crippen LogP contribution in [0.5, 0.6) is 11.5 Å². The summed E-state index contributed by atoms with van der Waals surface area (Å²) < 4.78 is 11.5. The number of anilines is 1. The van der Waals surface area contributed by atoms with Crippen LogP contribution in [0.15, 0.2) is 18.2 Å². The maximum Gasteiger partial charge on any atom is 0.197 e. The van der Waals surface area contributed by atoms with E-state index >= 15 is 0 Å². The number of aryl methyl sites for hydroxylation is 1. The summed E-state index contributed by atoms with van der Waals surface area (Å²) in [5.74, 6) is 6.96. The number of para-hydroxylation sites is 1. The van der Waals surface area contributed by atoms with Gasteiger partial charge in [0.1, 0.15) is 0 Å². The number of nitrogens with zero attached hydrogens (tertiary/aromatic N) is 1. The van der Waals surface area contributed by atoms with Gasteiger partial charge in [-0.15, -0.1) is 0 Å². The highest BCUT2D eigenvalue weighted by Crippen LogP contribution is 2.42. The minimum Gasteiger partial charge on any atom is -0.492 e. The first-order valence-electron chi connectivity index (χ1n) is 7.45. The lowest BCUT2D eigenvalue weighted by atomic mass is 10.1. The van der Waals surface area contributed by atoms with Gasteiger partial charge >= 0.3 is 0 Å². The molecule has 0 atom stereocenters. The van der Waals surface area contributed by atoms with Gasteiger partial charge in [-0.05, 0) is 25.5 Å². The topological polar surface area (TPSA) is 69.4 Å². The highest BCUT2D eigenvalue weighted by Gasteiger charge is 2.17. The van der Waals surface area contributed by atoms with Crippen LogP contribution in [0.2, 0.25) is 0 Å². The molecule has 22 heavy (non-hydrogen) atoms. The van der Waals surface area contributed by atoms with E-state index in [0.717, 1.165) is 34.1 Å². The van der Waals surface area contributed by atoms with Crippen LogP contribution < -0.4 is 20.7 Å². The summed E-state index contributed by atoms with van der Waals surface area (Å²) in [7, 11) is 1.66. The Morgan fingerprint density at radius 1 is 1.32 bits per heavy atom. The molecular formula is C16H23N3O2S. The first-order chi connectivity index (χ1) is 10.7. The smallest absolute Gasteiger partial charge is 0.197 e. The number of nitrogen functional groups attached to an aromatic ring is 1. The van der Waals surface area contributed by atoms with Crippen molar-refractivity contribution in [1.29, 1.82) is 0 Å². The number of thiazole rings is 1. The van der Waals surface area contributed by atoms with Crippen molar-refractivity contribution in [3.63, 3.8) is 0 Å². The number of nitrogens with two attached hydrogens (primary N) is 1. The molecule has 0 spiro atoms. The lowest BCUT2D eigenvalue weighted by Crippen LogP contribution is -2.05. The number of hydrogen-bond acceptors (Lipinski definition) is 6. The SMILES string of the molecule is CCCCCOc1cccc(-c2sc(NN)nc2C)c1OC. The van der Waals surface area contributed by atoms with Crippen LogP contribution in [0, 0.1) is 6.92 Å². The molecule has 0 saturated carbocycles. The number of ether oxygens (including phenoxy) is 2. The fourth-order valence-electron chi connectivity index (χ4n) is 2.26. The van der Waals surface area contributed by atoms with E-state index in [1.165, 1.54) is 24.2 Å². The summed E-state index contributed by atoms with van der Waals surface area (Å²) in [6.45, 7) is 4.84. The molecule has 0 aliphatic carbocycles. The number of aromatic nitrogens is 1. The quantitative estimate of drug-likeness (QED) is 0.437. The van der Waals surface area contributed by atoms with Gasteiger partial charge in [0.25, 0.3) is 0 Å². The van der Waals surface area contributed by atoms with E-state index in [0.29, 0.717) is 11.7 Å². The van der Waals surface area contributed by atoms with Crippen molar-refractivity contribution in [3.05, 3.63) is 23.9 Å². The predicted molar refractivity (Wildman–Crippen MR) is 91.7 cm³/mol. The van der Waals surface area contributed by atoms with Crippen molar-refractivity contribution in [2.75, 3.05) is 19.1 Å². The normalized spacial score (nSPS) is 10.5. The van der Waals surface area contributed by atoms with Crippen molar-refractivity contribution in [2.45, 2.75) is 33.1 Å². The van der Waals surface area contributed by atoms with E-state index in [9.17, 15) is 0 Å². The monoisotopic (exact) mass is 321 g/mol. The zero-order chi connectivity index (χ0) is 15.9. The van der Waals surface area contributed by atoms with Crippen LogP contribution in [-0.4, -0.2) is 18.7 Å². The molecule has 1 aromatic heterocycles. The molecule has 1 heterocycles. The van der Waals surface area contributed by atoms with Gasteiger partial charge in [-0.1, -0.05) is 37.2 Å². The van der Waals surface area contributed by atoms with Crippen molar-refractivity contribution in [1.82, 2.24) is 4.98 Å². The van der Waals surface area contributed by atoms with Gasteiger partial charge < -0.3 is 9.47 Å². The molecule has 0 aliphatic heterocycles. The zero-order valence-corrected chi connectivity index (χ0v) is 14.1. The minimum absolute atomic E-state index is 0.684. The van der Waals surface area contributed by atoms with E-state index in [1.807, 2.05) is 25.1 Å². The highest BCUT2D eigenvalue weighted by molar-refractivity contribution is 7.19. The Labute approximate surface area is 135 Å². The number of unbranched alkanes of at least 4 members (excludes halogenated alkanes) is 2. The Balaban J connectivity index is 2.29. The van der Waals surface area contributed by atoms with E-state index in [4.69, 9.17) is 15.3 Å². The Kier molecular flexibility index (Phi) is 6.03. The van der Waals surface area contributed by atoms with Crippen molar-refractivity contribution in [3.8, 4) is 21.9 Å². The number of rotatable bonds is 8. The Hall–Kier alpha value is -1.79. The number of hydrazine groups is 1. The van der Waals surface area contributed by atoms with Crippen LogP contribution in [0.25, 0.3) is 10.4 Å². The van der Waals surface area contributed by atoms with Crippen LogP contribution in [0.3, 0.4) is 0 Å². The third kappa shape index (κ3) is 3.69. The molecule has 5 nitrogen and oxygen atoms in total. The molecule has 1 aromatic carbocycles. The van der Waals surface area contributed by atoms with Crippen molar-refractivity contribution >= 4 is 16.5 Å². The third-order valence-electron chi connectivity index (χ3n) is 3.35. The number of benzene rings is 1. The number of hydrogen-bond donors (Lipinski definition) is 2. The summed E-state index contributed by atoms with van der Waals surface area (Å²) in [4.78, 5) is 5.41. The van der Waals surface area contributed by atoms with E-state index in [1.54, 1.807) is 7.11 Å². The molecule has 0 bridgehead atoms. The third-order valence-corrected chi connectivity index (χ3v) is 4.48. The summed E-state index contributed by atoms with van der Waals surface area (Å²) >= 11 is 1.50. The van der Waals surface area contributed by atoms with Crippen molar-refractivity contribution in [2.24, 2.45) is 5.84 Å². The van der Waals surface area contributed by atoms with Gasteiger partial charge in [0.2, 0.25) is 0 Å². The van der Waals surface area contributed by atoms with E-state index in [2.05, 4.69) is 17.3 Å². The maximum atomic E-state index is 5.88. The van der Waals surface area contributed by atoms with Crippen LogP contribution >= 0.6 is 11.3 Å². The molecule has 2 rings (SSSR count). The lowest BCUT2D eigenvalue weighted by Gasteiger charge is -2.14. The van der Waals surface area contributed by atoms with Gasteiger partial charge in [-0.3, -0.25) is 5.43 Å². The van der Waals surface area contributed by atoms with E-state index in [-0.39, 0.29) is 0 Å². The first-order valence-corrected chi connectivity index (χ1v) is 8.27. The Morgan fingerprint density at radius 2 is 2.14 bits per heavy atom. The Bertz CT molecular complexity index is 613. The zero-order valence-electron chi connectivity index (χ0n) is 13.3. The first kappa shape index (κ1) is 16.6. The molecule has 2 aromatic rings. The standard InChI is InChI=1S/C16H23N3O2S/c1-4-5-6-10-21-13-9-7-8-12(14(13)20-3)15-11(2)18-16(19-17)22-15/h7-9H,4-6,10,17H2,1-3H3,(H,18,19). The Morgan fingerprint density at radius 3 is 2.77 bits per heavy atom. The minimum atomic E-state index is 0.684. The van der Waals surface area contributed by atoms with Crippen LogP contribution in [-0.2, 0) is 0 Å². The average Bonchev–Trinajstić information content (AvgIpc) is 2.92. The highest BCUT2D eigenvalue weighted by atomic mass is 32.1. The van der Waals surface area contributed by atoms with Gasteiger partial charge in [0.05, 0.1) is 24.3 Å². The molecule has 3 N–H and O–H groups in total. The molecule has 0 fully saturated rings. The molecule has 6 heteroatoms. The van der Waals surface area contributed by atoms with Gasteiger partial charge in [-0.25, -0.2) is 10.8 Å². The number of methoxy groups -OCH3 is 1. The maximum absolute atomic E-state index is 5.88. The summed E-state index contributed by atoms with van der Waals surface area (Å²) in [6.07, 6.45) is 3.39. The molecular weight excluding hydrogens is 298 g/mol. The summed E-state index contributed by atoms with van der Waals surface area (Å²) in [5.41, 5.74) is 4.49. The molecule has 120 valence electrons. The molecule has 0 radical (unpaired) electrons. The van der Waals surface area contributed by atoms with E-state index < -0.39 is 0 Å². The lowest BCUT2D eigenvalue weighted by molar-refractivity contribution is 0.286. The molecule has 0 amide bonds. The fraction of sp³-hybridized carbons (Fsp3) is 0.438. The van der Waals surface area contributed by atoms with Crippen LogP contribution in [0.1, 0.15) is 31.9 Å². The number of nitrogens with one attached hydrogen (secondary N) is 1. The van der Waals surface area contributed by atoms with Crippen molar-refractivity contribution < 1.29 is 9.47 Å². The molecule has 0 unspecified atom stereocenters. The predicted octanol–water partition coefficient (Wildman–Crippen LogP) is 3.98.